The monoisotopic (exact) mass is 314 g/mol. The number of hydrogen-bond donors (Lipinski definition) is 0. The molecule has 0 aliphatic rings. The van der Waals surface area contributed by atoms with Crippen LogP contribution in [0.15, 0.2) is 47.1 Å². The fraction of sp³-hybridized carbons (Fsp3) is 0.0667. The van der Waals surface area contributed by atoms with E-state index in [1.54, 1.807) is 0 Å². The summed E-state index contributed by atoms with van der Waals surface area (Å²) in [4.78, 5) is 15.6. The number of aryl methyl sites for hydroxylation is 1. The van der Waals surface area contributed by atoms with Gasteiger partial charge in [0.1, 0.15) is 11.5 Å². The summed E-state index contributed by atoms with van der Waals surface area (Å²) < 4.78 is 2.93. The van der Waals surface area contributed by atoms with Crippen molar-refractivity contribution in [2.75, 3.05) is 0 Å². The van der Waals surface area contributed by atoms with E-state index in [-0.39, 0.29) is 0 Å². The number of imidazole rings is 1. The second kappa shape index (κ2) is 4.63. The number of fused-ring (bicyclic) bond motifs is 1. The average Bonchev–Trinajstić information content (AvgIpc) is 2.76. The zero-order chi connectivity index (χ0) is 13.4. The Morgan fingerprint density at radius 3 is 2.84 bits per heavy atom. The molecule has 1 aromatic carbocycles. The Morgan fingerprint density at radius 2 is 2.11 bits per heavy atom. The van der Waals surface area contributed by atoms with Crippen molar-refractivity contribution in [1.82, 2.24) is 9.38 Å². The molecule has 0 saturated heterocycles. The molecule has 0 aliphatic carbocycles. The van der Waals surface area contributed by atoms with E-state index in [1.165, 1.54) is 0 Å². The molecule has 94 valence electrons. The van der Waals surface area contributed by atoms with Crippen LogP contribution in [0.25, 0.3) is 16.9 Å². The van der Waals surface area contributed by atoms with E-state index in [9.17, 15) is 4.79 Å². The Kier molecular flexibility index (Phi) is 2.95. The predicted octanol–water partition coefficient (Wildman–Crippen LogP) is 3.88. The first-order valence-corrected chi connectivity index (χ1v) is 6.68. The number of halogens is 1. The number of nitrogens with zero attached hydrogens (tertiary/aromatic N) is 2. The van der Waals surface area contributed by atoms with Crippen molar-refractivity contribution < 1.29 is 4.79 Å². The number of carbonyl (C=O) groups is 1. The number of rotatable bonds is 2. The van der Waals surface area contributed by atoms with E-state index >= 15 is 0 Å². The fourth-order valence-electron chi connectivity index (χ4n) is 2.13. The van der Waals surface area contributed by atoms with E-state index in [4.69, 9.17) is 0 Å². The first-order chi connectivity index (χ1) is 9.19. The van der Waals surface area contributed by atoms with Gasteiger partial charge in [0.25, 0.3) is 0 Å². The highest BCUT2D eigenvalue weighted by atomic mass is 79.9. The third kappa shape index (κ3) is 2.08. The Hall–Kier alpha value is -1.94. The van der Waals surface area contributed by atoms with Crippen LogP contribution in [-0.2, 0) is 0 Å². The zero-order valence-corrected chi connectivity index (χ0v) is 11.9. The first-order valence-electron chi connectivity index (χ1n) is 5.89. The van der Waals surface area contributed by atoms with E-state index in [1.807, 2.05) is 53.9 Å². The lowest BCUT2D eigenvalue weighted by Crippen LogP contribution is -1.89. The maximum atomic E-state index is 11.2. The molecule has 3 rings (SSSR count). The minimum Gasteiger partial charge on any atom is -0.299 e. The third-order valence-corrected chi connectivity index (χ3v) is 3.52. The summed E-state index contributed by atoms with van der Waals surface area (Å²) in [5.41, 5.74) is 3.39. The Labute approximate surface area is 119 Å². The van der Waals surface area contributed by atoms with Gasteiger partial charge in [0, 0.05) is 16.2 Å². The Balaban J connectivity index is 2.33. The van der Waals surface area contributed by atoms with Gasteiger partial charge in [-0.25, -0.2) is 4.98 Å². The molecule has 0 aliphatic heterocycles. The second-order valence-corrected chi connectivity index (χ2v) is 5.32. The van der Waals surface area contributed by atoms with Crippen molar-refractivity contribution in [2.24, 2.45) is 0 Å². The molecular formula is C15H11BrN2O. The van der Waals surface area contributed by atoms with Crippen LogP contribution in [0.1, 0.15) is 16.1 Å². The fourth-order valence-corrected chi connectivity index (χ4v) is 2.53. The number of aromatic nitrogens is 2. The molecule has 0 fully saturated rings. The molecule has 4 heteroatoms. The molecule has 0 spiro atoms. The van der Waals surface area contributed by atoms with Crippen LogP contribution in [0.3, 0.4) is 0 Å². The van der Waals surface area contributed by atoms with Crippen molar-refractivity contribution in [3.05, 3.63) is 58.3 Å². The molecule has 3 aromatic rings. The van der Waals surface area contributed by atoms with Gasteiger partial charge in [-0.2, -0.15) is 0 Å². The van der Waals surface area contributed by atoms with E-state index in [2.05, 4.69) is 20.9 Å². The van der Waals surface area contributed by atoms with E-state index < -0.39 is 0 Å². The highest BCUT2D eigenvalue weighted by Gasteiger charge is 2.12. The lowest BCUT2D eigenvalue weighted by Gasteiger charge is -2.02. The first kappa shape index (κ1) is 12.1. The summed E-state index contributed by atoms with van der Waals surface area (Å²) in [5, 5.41) is 0. The SMILES string of the molecule is Cc1ccn2c(-c3cccc(Br)c3)nc(C=O)c2c1. The maximum Gasteiger partial charge on any atom is 0.170 e. The molecular weight excluding hydrogens is 304 g/mol. The third-order valence-electron chi connectivity index (χ3n) is 3.02. The molecule has 19 heavy (non-hydrogen) atoms. The van der Waals surface area contributed by atoms with Gasteiger partial charge in [0.15, 0.2) is 6.29 Å². The summed E-state index contributed by atoms with van der Waals surface area (Å²) in [7, 11) is 0. The van der Waals surface area contributed by atoms with Crippen molar-refractivity contribution in [1.29, 1.82) is 0 Å². The molecule has 0 unspecified atom stereocenters. The zero-order valence-electron chi connectivity index (χ0n) is 10.3. The van der Waals surface area contributed by atoms with Gasteiger partial charge in [0.2, 0.25) is 0 Å². The molecule has 0 radical (unpaired) electrons. The Bertz CT molecular complexity index is 777. The molecule has 0 bridgehead atoms. The van der Waals surface area contributed by atoms with Crippen molar-refractivity contribution in [3.63, 3.8) is 0 Å². The topological polar surface area (TPSA) is 34.4 Å². The smallest absolute Gasteiger partial charge is 0.170 e. The summed E-state index contributed by atoms with van der Waals surface area (Å²) in [6.45, 7) is 2.00. The Morgan fingerprint density at radius 1 is 1.26 bits per heavy atom. The summed E-state index contributed by atoms with van der Waals surface area (Å²) in [6.07, 6.45) is 2.75. The molecule has 0 atom stereocenters. The summed E-state index contributed by atoms with van der Waals surface area (Å²) in [5.74, 6) is 0.776. The number of pyridine rings is 1. The molecule has 0 N–H and O–H groups in total. The highest BCUT2D eigenvalue weighted by molar-refractivity contribution is 9.10. The molecule has 2 aromatic heterocycles. The van der Waals surface area contributed by atoms with Gasteiger partial charge in [-0.1, -0.05) is 28.1 Å². The van der Waals surface area contributed by atoms with Crippen LogP contribution < -0.4 is 0 Å². The summed E-state index contributed by atoms with van der Waals surface area (Å²) in [6, 6.07) is 11.9. The van der Waals surface area contributed by atoms with Gasteiger partial charge >= 0.3 is 0 Å². The number of hydrogen-bond acceptors (Lipinski definition) is 2. The largest absolute Gasteiger partial charge is 0.299 e. The van der Waals surface area contributed by atoms with Crippen LogP contribution in [0, 0.1) is 6.92 Å². The quantitative estimate of drug-likeness (QED) is 0.673. The minimum absolute atomic E-state index is 0.471. The summed E-state index contributed by atoms with van der Waals surface area (Å²) >= 11 is 3.45. The van der Waals surface area contributed by atoms with Crippen LogP contribution in [0.4, 0.5) is 0 Å². The highest BCUT2D eigenvalue weighted by Crippen LogP contribution is 2.25. The number of benzene rings is 1. The number of aldehydes is 1. The van der Waals surface area contributed by atoms with Gasteiger partial charge < -0.3 is 0 Å². The molecule has 0 amide bonds. The van der Waals surface area contributed by atoms with Crippen LogP contribution >= 0.6 is 15.9 Å². The van der Waals surface area contributed by atoms with E-state index in [0.29, 0.717) is 5.69 Å². The predicted molar refractivity (Wildman–Crippen MR) is 78.5 cm³/mol. The van der Waals surface area contributed by atoms with Gasteiger partial charge in [-0.15, -0.1) is 0 Å². The lowest BCUT2D eigenvalue weighted by molar-refractivity contribution is 0.112. The normalized spacial score (nSPS) is 10.8. The van der Waals surface area contributed by atoms with Crippen LogP contribution in [0.2, 0.25) is 0 Å². The van der Waals surface area contributed by atoms with Crippen molar-refractivity contribution in [3.8, 4) is 11.4 Å². The van der Waals surface area contributed by atoms with E-state index in [0.717, 1.165) is 33.2 Å². The molecule has 2 heterocycles. The maximum absolute atomic E-state index is 11.2. The van der Waals surface area contributed by atoms with Crippen molar-refractivity contribution in [2.45, 2.75) is 6.92 Å². The van der Waals surface area contributed by atoms with Crippen molar-refractivity contribution >= 4 is 27.7 Å². The van der Waals surface area contributed by atoms with Gasteiger partial charge in [-0.3, -0.25) is 9.20 Å². The van der Waals surface area contributed by atoms with Gasteiger partial charge in [-0.05, 0) is 36.8 Å². The number of carbonyl (C=O) groups excluding carboxylic acids is 1. The van der Waals surface area contributed by atoms with Crippen LogP contribution in [-0.4, -0.2) is 15.7 Å². The van der Waals surface area contributed by atoms with Gasteiger partial charge in [0.05, 0.1) is 5.52 Å². The lowest BCUT2D eigenvalue weighted by atomic mass is 10.2. The molecule has 0 saturated carbocycles. The standard InChI is InChI=1S/C15H11BrN2O/c1-10-5-6-18-14(7-10)13(9-19)17-15(18)11-3-2-4-12(16)8-11/h2-9H,1H3. The average molecular weight is 315 g/mol. The minimum atomic E-state index is 0.471. The second-order valence-electron chi connectivity index (χ2n) is 4.41. The molecule has 3 nitrogen and oxygen atoms in total. The van der Waals surface area contributed by atoms with Crippen LogP contribution in [0.5, 0.6) is 0 Å².